The van der Waals surface area contributed by atoms with Crippen molar-refractivity contribution in [2.45, 2.75) is 66.2 Å². The molecule has 152 valence electrons. The van der Waals surface area contributed by atoms with Crippen molar-refractivity contribution < 1.29 is 22.7 Å². The molecule has 0 saturated carbocycles. The van der Waals surface area contributed by atoms with Crippen LogP contribution in [0.2, 0.25) is 0 Å². The third kappa shape index (κ3) is 4.75. The normalized spacial score (nSPS) is 12.7. The number of hydrogen-bond donors (Lipinski definition) is 0. The Labute approximate surface area is 164 Å². The first-order valence-electron chi connectivity index (χ1n) is 9.54. The Balaban J connectivity index is 2.46. The lowest BCUT2D eigenvalue weighted by Gasteiger charge is -2.21. The SMILES string of the molecule is CCC(=O)C(C)c1cccc(C(F)(F)F)c1COc1cc(C)c(CC)cc1C. The first-order chi connectivity index (χ1) is 13.1. The van der Waals surface area contributed by atoms with Crippen molar-refractivity contribution in [3.63, 3.8) is 0 Å². The molecule has 0 amide bonds. The number of benzene rings is 2. The molecule has 28 heavy (non-hydrogen) atoms. The van der Waals surface area contributed by atoms with Crippen LogP contribution >= 0.6 is 0 Å². The van der Waals surface area contributed by atoms with Gasteiger partial charge in [-0.25, -0.2) is 0 Å². The fourth-order valence-electron chi connectivity index (χ4n) is 3.45. The lowest BCUT2D eigenvalue weighted by Crippen LogP contribution is -2.17. The van der Waals surface area contributed by atoms with E-state index in [2.05, 4.69) is 6.92 Å². The molecule has 2 aromatic carbocycles. The van der Waals surface area contributed by atoms with Crippen molar-refractivity contribution in [3.8, 4) is 5.75 Å². The molecule has 0 fully saturated rings. The molecule has 0 aromatic heterocycles. The quantitative estimate of drug-likeness (QED) is 0.534. The zero-order chi connectivity index (χ0) is 21.1. The first-order valence-corrected chi connectivity index (χ1v) is 9.54. The average molecular weight is 392 g/mol. The summed E-state index contributed by atoms with van der Waals surface area (Å²) in [5.41, 5.74) is 2.76. The first kappa shape index (κ1) is 22.0. The van der Waals surface area contributed by atoms with Crippen LogP contribution in [0.4, 0.5) is 13.2 Å². The molecule has 0 N–H and O–H groups in total. The van der Waals surface area contributed by atoms with Crippen molar-refractivity contribution in [2.24, 2.45) is 0 Å². The minimum atomic E-state index is -4.51. The Morgan fingerprint density at radius 3 is 2.36 bits per heavy atom. The zero-order valence-corrected chi connectivity index (χ0v) is 17.0. The van der Waals surface area contributed by atoms with E-state index in [1.54, 1.807) is 19.9 Å². The maximum Gasteiger partial charge on any atom is 0.416 e. The summed E-state index contributed by atoms with van der Waals surface area (Å²) >= 11 is 0. The van der Waals surface area contributed by atoms with Crippen LogP contribution in [0.15, 0.2) is 30.3 Å². The molecule has 0 aliphatic carbocycles. The molecule has 2 aromatic rings. The second-order valence-electron chi connectivity index (χ2n) is 7.10. The van der Waals surface area contributed by atoms with Crippen molar-refractivity contribution in [1.29, 1.82) is 0 Å². The van der Waals surface area contributed by atoms with Crippen LogP contribution < -0.4 is 4.74 Å². The number of ether oxygens (including phenoxy) is 1. The number of hydrogen-bond acceptors (Lipinski definition) is 2. The van der Waals surface area contributed by atoms with Gasteiger partial charge in [-0.15, -0.1) is 0 Å². The molecule has 1 unspecified atom stereocenters. The van der Waals surface area contributed by atoms with Gasteiger partial charge in [-0.1, -0.05) is 39.0 Å². The summed E-state index contributed by atoms with van der Waals surface area (Å²) in [4.78, 5) is 12.1. The van der Waals surface area contributed by atoms with Gasteiger partial charge >= 0.3 is 6.18 Å². The third-order valence-electron chi connectivity index (χ3n) is 5.20. The van der Waals surface area contributed by atoms with Crippen molar-refractivity contribution in [3.05, 3.63) is 63.7 Å². The van der Waals surface area contributed by atoms with E-state index in [1.807, 2.05) is 26.0 Å². The maximum absolute atomic E-state index is 13.6. The molecular formula is C23H27F3O2. The summed E-state index contributed by atoms with van der Waals surface area (Å²) in [6.45, 7) is 9.02. The smallest absolute Gasteiger partial charge is 0.416 e. The van der Waals surface area contributed by atoms with E-state index < -0.39 is 17.7 Å². The maximum atomic E-state index is 13.6. The van der Waals surface area contributed by atoms with E-state index in [-0.39, 0.29) is 24.4 Å². The van der Waals surface area contributed by atoms with Crippen LogP contribution in [-0.2, 0) is 24.0 Å². The standard InChI is InChI=1S/C23H27F3O2/c1-6-17-11-15(4)22(12-14(17)3)28-13-19-18(16(5)21(27)7-2)9-8-10-20(19)23(24,25)26/h8-12,16H,6-7,13H2,1-5H3. The second kappa shape index (κ2) is 8.80. The van der Waals surface area contributed by atoms with Gasteiger partial charge in [-0.05, 0) is 54.7 Å². The Bertz CT molecular complexity index is 854. The summed E-state index contributed by atoms with van der Waals surface area (Å²) in [5.74, 6) is -0.150. The van der Waals surface area contributed by atoms with Gasteiger partial charge in [0, 0.05) is 17.9 Å². The van der Waals surface area contributed by atoms with Crippen LogP contribution in [0.5, 0.6) is 5.75 Å². The summed E-state index contributed by atoms with van der Waals surface area (Å²) < 4.78 is 46.6. The fraction of sp³-hybridized carbons (Fsp3) is 0.435. The summed E-state index contributed by atoms with van der Waals surface area (Å²) in [6, 6.07) is 7.86. The summed E-state index contributed by atoms with van der Waals surface area (Å²) in [6.07, 6.45) is -3.36. The van der Waals surface area contributed by atoms with E-state index in [0.717, 1.165) is 23.6 Å². The molecule has 5 heteroatoms. The van der Waals surface area contributed by atoms with E-state index in [1.165, 1.54) is 11.6 Å². The van der Waals surface area contributed by atoms with Gasteiger partial charge in [0.15, 0.2) is 0 Å². The van der Waals surface area contributed by atoms with Crippen molar-refractivity contribution in [2.75, 3.05) is 0 Å². The van der Waals surface area contributed by atoms with E-state index >= 15 is 0 Å². The third-order valence-corrected chi connectivity index (χ3v) is 5.20. The topological polar surface area (TPSA) is 26.3 Å². The molecule has 0 aliphatic heterocycles. The number of rotatable bonds is 7. The van der Waals surface area contributed by atoms with Crippen molar-refractivity contribution >= 4 is 5.78 Å². The van der Waals surface area contributed by atoms with Crippen LogP contribution in [0.25, 0.3) is 0 Å². The van der Waals surface area contributed by atoms with E-state index in [9.17, 15) is 18.0 Å². The summed E-state index contributed by atoms with van der Waals surface area (Å²) in [7, 11) is 0. The lowest BCUT2D eigenvalue weighted by molar-refractivity contribution is -0.138. The minimum Gasteiger partial charge on any atom is -0.489 e. The highest BCUT2D eigenvalue weighted by molar-refractivity contribution is 5.85. The fourth-order valence-corrected chi connectivity index (χ4v) is 3.45. The van der Waals surface area contributed by atoms with Crippen LogP contribution in [0, 0.1) is 13.8 Å². The predicted octanol–water partition coefficient (Wildman–Crippen LogP) is 6.55. The Morgan fingerprint density at radius 1 is 1.11 bits per heavy atom. The lowest BCUT2D eigenvalue weighted by atomic mass is 9.89. The molecule has 0 spiro atoms. The highest BCUT2D eigenvalue weighted by atomic mass is 19.4. The van der Waals surface area contributed by atoms with Crippen LogP contribution in [0.1, 0.15) is 66.5 Å². The number of Topliss-reactive ketones (excluding diaryl/α,β-unsaturated/α-hetero) is 1. The van der Waals surface area contributed by atoms with Gasteiger partial charge in [0.05, 0.1) is 5.56 Å². The van der Waals surface area contributed by atoms with E-state index in [0.29, 0.717) is 11.3 Å². The summed E-state index contributed by atoms with van der Waals surface area (Å²) in [5, 5.41) is 0. The second-order valence-corrected chi connectivity index (χ2v) is 7.10. The zero-order valence-electron chi connectivity index (χ0n) is 17.0. The van der Waals surface area contributed by atoms with Gasteiger partial charge in [-0.3, -0.25) is 4.79 Å². The highest BCUT2D eigenvalue weighted by Crippen LogP contribution is 2.37. The van der Waals surface area contributed by atoms with Crippen molar-refractivity contribution in [1.82, 2.24) is 0 Å². The number of alkyl halides is 3. The van der Waals surface area contributed by atoms with Gasteiger partial charge in [0.1, 0.15) is 18.1 Å². The predicted molar refractivity (Wildman–Crippen MR) is 105 cm³/mol. The van der Waals surface area contributed by atoms with Crippen LogP contribution in [-0.4, -0.2) is 5.78 Å². The molecule has 0 aliphatic rings. The Hall–Kier alpha value is -2.30. The average Bonchev–Trinajstić information content (AvgIpc) is 2.65. The number of halogens is 3. The molecule has 0 radical (unpaired) electrons. The molecule has 2 rings (SSSR count). The number of aryl methyl sites for hydroxylation is 3. The van der Waals surface area contributed by atoms with Gasteiger partial charge in [0.25, 0.3) is 0 Å². The number of carbonyl (C=O) groups is 1. The Kier molecular flexibility index (Phi) is 6.91. The monoisotopic (exact) mass is 392 g/mol. The molecule has 0 heterocycles. The largest absolute Gasteiger partial charge is 0.489 e. The minimum absolute atomic E-state index is 0.0286. The highest BCUT2D eigenvalue weighted by Gasteiger charge is 2.35. The van der Waals surface area contributed by atoms with E-state index in [4.69, 9.17) is 4.74 Å². The van der Waals surface area contributed by atoms with Gasteiger partial charge in [-0.2, -0.15) is 13.2 Å². The molecule has 0 bridgehead atoms. The van der Waals surface area contributed by atoms with Gasteiger partial charge < -0.3 is 4.74 Å². The molecular weight excluding hydrogens is 365 g/mol. The molecule has 0 saturated heterocycles. The van der Waals surface area contributed by atoms with Gasteiger partial charge in [0.2, 0.25) is 0 Å². The van der Waals surface area contributed by atoms with Crippen LogP contribution in [0.3, 0.4) is 0 Å². The number of ketones is 1. The number of carbonyl (C=O) groups excluding carboxylic acids is 1. The molecule has 1 atom stereocenters. The Morgan fingerprint density at radius 2 is 1.79 bits per heavy atom. The molecule has 2 nitrogen and oxygen atoms in total.